The van der Waals surface area contributed by atoms with Gasteiger partial charge in [-0.25, -0.2) is 4.39 Å². The van der Waals surface area contributed by atoms with Gasteiger partial charge in [-0.05, 0) is 97.3 Å². The summed E-state index contributed by atoms with van der Waals surface area (Å²) >= 11 is 0. The first-order valence-corrected chi connectivity index (χ1v) is 25.3. The Bertz CT molecular complexity index is 2720. The van der Waals surface area contributed by atoms with Gasteiger partial charge in [0.05, 0.1) is 55.8 Å². The lowest BCUT2D eigenvalue weighted by atomic mass is 10.0. The molecule has 0 saturated carbocycles. The molecule has 4 aromatic carbocycles. The van der Waals surface area contributed by atoms with E-state index < -0.39 is 24.9 Å². The quantitative estimate of drug-likeness (QED) is 0.0270. The van der Waals surface area contributed by atoms with Crippen LogP contribution in [0.2, 0.25) is 0 Å². The number of aliphatic hydroxyl groups is 1. The number of aliphatic hydroxyl groups excluding tert-OH is 1. The first kappa shape index (κ1) is 56.3. The van der Waals surface area contributed by atoms with Crippen molar-refractivity contribution in [3.05, 3.63) is 113 Å². The van der Waals surface area contributed by atoms with E-state index in [0.29, 0.717) is 91.3 Å². The van der Waals surface area contributed by atoms with Gasteiger partial charge in [0.1, 0.15) is 30.8 Å². The Hall–Kier alpha value is -6.97. The lowest BCUT2D eigenvalue weighted by Gasteiger charge is -2.35. The van der Waals surface area contributed by atoms with Crippen molar-refractivity contribution in [1.29, 1.82) is 0 Å². The number of anilines is 3. The zero-order valence-electron chi connectivity index (χ0n) is 43.0. The molecular weight excluding hydrogens is 957 g/mol. The number of carbonyl (C=O) groups excluding carboxylic acids is 3. The highest BCUT2D eigenvalue weighted by Crippen LogP contribution is 2.33. The van der Waals surface area contributed by atoms with E-state index in [1.807, 2.05) is 54.4 Å². The molecule has 74 heavy (non-hydrogen) atoms. The van der Waals surface area contributed by atoms with E-state index in [1.54, 1.807) is 42.5 Å². The van der Waals surface area contributed by atoms with Crippen LogP contribution in [0.1, 0.15) is 85.1 Å². The van der Waals surface area contributed by atoms with E-state index in [1.165, 1.54) is 20.6 Å². The van der Waals surface area contributed by atoms with Crippen LogP contribution < -0.4 is 41.0 Å². The monoisotopic (exact) mass is 1030 g/mol. The van der Waals surface area contributed by atoms with E-state index in [9.17, 15) is 32.7 Å². The fourth-order valence-electron chi connectivity index (χ4n) is 8.96. The smallest absolute Gasteiger partial charge is 0.406 e. The minimum atomic E-state index is -4.51. The Labute approximate surface area is 431 Å². The molecular formula is C56H70F4N8O6. The number of hydrogen-bond acceptors (Lipinski definition) is 10. The van der Waals surface area contributed by atoms with Crippen molar-refractivity contribution in [2.75, 3.05) is 76.1 Å². The molecule has 2 aliphatic heterocycles. The predicted molar refractivity (Wildman–Crippen MR) is 283 cm³/mol. The van der Waals surface area contributed by atoms with Gasteiger partial charge in [-0.1, -0.05) is 69.0 Å². The molecule has 3 heterocycles. The van der Waals surface area contributed by atoms with Crippen LogP contribution in [0.25, 0.3) is 10.9 Å². The van der Waals surface area contributed by atoms with Gasteiger partial charge in [-0.15, -0.1) is 0 Å². The number of benzene rings is 4. The standard InChI is InChI=1S/C53H62F4N8O6.C3H8/c1-58-52(69)38-18-20-46(49(26-38)70-3)59-22-8-9-40-27-42-44(10-7-11-47(42)65(40)34-53(55,56)57)62-45-21-24-64(30-43(45)54)23-6-4-5-12-50(67)60-29-35-13-15-36(16-14-35)33-71-41-19-17-37-25-39(32-66)61-51(68)31-63(2)48(37)28-41;1-3-2/h7,10-11,13-20,26-28,39,43,45,59,62,66H,4-6,12,21-25,29-34H2,1-3H3,(H,58,69)(H,60,67)(H,61,68);3H2,1-2H3. The number of rotatable bonds is 19. The molecule has 0 spiro atoms. The maximum atomic E-state index is 15.7. The molecule has 7 rings (SSSR count). The summed E-state index contributed by atoms with van der Waals surface area (Å²) in [6.07, 6.45) is -0.733. The number of halogens is 4. The van der Waals surface area contributed by atoms with Crippen molar-refractivity contribution in [2.45, 2.75) is 103 Å². The van der Waals surface area contributed by atoms with Crippen LogP contribution in [0.4, 0.5) is 34.6 Å². The third-order valence-electron chi connectivity index (χ3n) is 12.7. The molecule has 1 aromatic heterocycles. The number of likely N-dealkylation sites (N-methyl/N-ethyl adjacent to an activating group) is 1. The Morgan fingerprint density at radius 1 is 0.959 bits per heavy atom. The second-order valence-corrected chi connectivity index (χ2v) is 18.7. The predicted octanol–water partition coefficient (Wildman–Crippen LogP) is 8.20. The van der Waals surface area contributed by atoms with Gasteiger partial charge in [-0.3, -0.25) is 14.4 Å². The number of fused-ring (bicyclic) bond motifs is 2. The maximum Gasteiger partial charge on any atom is 0.406 e. The molecule has 1 saturated heterocycles. The van der Waals surface area contributed by atoms with Crippen molar-refractivity contribution in [3.63, 3.8) is 0 Å². The van der Waals surface area contributed by atoms with Crippen LogP contribution in [0.15, 0.2) is 84.9 Å². The third-order valence-corrected chi connectivity index (χ3v) is 12.7. The lowest BCUT2D eigenvalue weighted by Crippen LogP contribution is -2.48. The number of methoxy groups -OCH3 is 1. The van der Waals surface area contributed by atoms with Crippen molar-refractivity contribution in [1.82, 2.24) is 25.4 Å². The zero-order valence-corrected chi connectivity index (χ0v) is 43.0. The molecule has 2 aliphatic rings. The van der Waals surface area contributed by atoms with Crippen LogP contribution in [0, 0.1) is 11.8 Å². The molecule has 5 aromatic rings. The molecule has 3 amide bonds. The molecule has 3 atom stereocenters. The number of unbranched alkanes of at least 4 members (excludes halogenated alkanes) is 2. The number of carbonyl (C=O) groups is 3. The highest BCUT2D eigenvalue weighted by molar-refractivity contribution is 5.95. The van der Waals surface area contributed by atoms with Gasteiger partial charge in [0.25, 0.3) is 5.91 Å². The number of aromatic nitrogens is 1. The van der Waals surface area contributed by atoms with E-state index in [-0.39, 0.29) is 55.7 Å². The van der Waals surface area contributed by atoms with Crippen LogP contribution >= 0.6 is 0 Å². The average molecular weight is 1030 g/mol. The number of alkyl halides is 4. The zero-order chi connectivity index (χ0) is 53.2. The third kappa shape index (κ3) is 16.3. The van der Waals surface area contributed by atoms with E-state index in [2.05, 4.69) is 57.2 Å². The topological polar surface area (TPSA) is 161 Å². The number of amides is 3. The van der Waals surface area contributed by atoms with Crippen molar-refractivity contribution in [3.8, 4) is 23.3 Å². The Balaban J connectivity index is 0.00000290. The highest BCUT2D eigenvalue weighted by Gasteiger charge is 2.32. The molecule has 1 fully saturated rings. The summed E-state index contributed by atoms with van der Waals surface area (Å²) < 4.78 is 69.9. The number of piperidine rings is 1. The van der Waals surface area contributed by atoms with E-state index in [4.69, 9.17) is 9.47 Å². The lowest BCUT2D eigenvalue weighted by molar-refractivity contribution is -0.140. The van der Waals surface area contributed by atoms with E-state index >= 15 is 4.39 Å². The molecule has 0 bridgehead atoms. The fourth-order valence-corrected chi connectivity index (χ4v) is 8.96. The van der Waals surface area contributed by atoms with Gasteiger partial charge in [0, 0.05) is 68.5 Å². The summed E-state index contributed by atoms with van der Waals surface area (Å²) in [5, 5.41) is 25.0. The number of likely N-dealkylation sites (tertiary alicyclic amines) is 1. The summed E-state index contributed by atoms with van der Waals surface area (Å²) in [6, 6.07) is 24.2. The van der Waals surface area contributed by atoms with Crippen LogP contribution in [-0.2, 0) is 35.7 Å². The SMILES string of the molecule is CCC.CNC(=O)c1ccc(NCC#Cc2cc3c(NC4CCN(CCCCCC(=O)NCc5ccc(COc6ccc7c(c6)N(C)CC(=O)NC(CO)C7)cc5)CC4F)cccc3n2CC(F)(F)F)c(OC)c1. The first-order chi connectivity index (χ1) is 35.6. The number of ether oxygens (including phenoxy) is 2. The second kappa shape index (κ2) is 27.4. The molecule has 398 valence electrons. The van der Waals surface area contributed by atoms with Gasteiger partial charge < -0.3 is 55.5 Å². The summed E-state index contributed by atoms with van der Waals surface area (Å²) in [4.78, 5) is 40.9. The van der Waals surface area contributed by atoms with Gasteiger partial charge >= 0.3 is 6.18 Å². The fraction of sp³-hybridized carbons (Fsp3) is 0.446. The van der Waals surface area contributed by atoms with Crippen molar-refractivity contribution in [2.24, 2.45) is 0 Å². The van der Waals surface area contributed by atoms with Gasteiger partial charge in [0.2, 0.25) is 11.8 Å². The minimum Gasteiger partial charge on any atom is -0.495 e. The molecule has 14 nitrogen and oxygen atoms in total. The maximum absolute atomic E-state index is 15.7. The Morgan fingerprint density at radius 2 is 1.73 bits per heavy atom. The van der Waals surface area contributed by atoms with E-state index in [0.717, 1.165) is 39.8 Å². The first-order valence-electron chi connectivity index (χ1n) is 25.3. The van der Waals surface area contributed by atoms with Crippen LogP contribution in [0.5, 0.6) is 11.5 Å². The Morgan fingerprint density at radius 3 is 2.45 bits per heavy atom. The molecule has 3 unspecified atom stereocenters. The van der Waals surface area contributed by atoms with Crippen LogP contribution in [-0.4, -0.2) is 117 Å². The molecule has 6 N–H and O–H groups in total. The molecule has 0 aliphatic carbocycles. The van der Waals surface area contributed by atoms with Crippen molar-refractivity contribution < 1.29 is 46.5 Å². The largest absolute Gasteiger partial charge is 0.495 e. The summed E-state index contributed by atoms with van der Waals surface area (Å²) in [7, 11) is 4.84. The molecule has 18 heteroatoms. The summed E-state index contributed by atoms with van der Waals surface area (Å²) in [6.45, 7) is 5.43. The number of nitrogens with one attached hydrogen (secondary N) is 5. The average Bonchev–Trinajstić information content (AvgIpc) is 3.72. The molecule has 0 radical (unpaired) electrons. The highest BCUT2D eigenvalue weighted by atomic mass is 19.4. The number of hydrogen-bond donors (Lipinski definition) is 6. The summed E-state index contributed by atoms with van der Waals surface area (Å²) in [5.41, 5.74) is 5.82. The van der Waals surface area contributed by atoms with Gasteiger partial charge in [-0.2, -0.15) is 13.2 Å². The van der Waals surface area contributed by atoms with Crippen LogP contribution in [0.3, 0.4) is 0 Å². The normalized spacial score (nSPS) is 16.8. The second-order valence-electron chi connectivity index (χ2n) is 18.7. The summed E-state index contributed by atoms with van der Waals surface area (Å²) in [5.74, 6) is 6.41. The Kier molecular flexibility index (Phi) is 20.8. The van der Waals surface area contributed by atoms with Crippen molar-refractivity contribution >= 4 is 45.7 Å². The van der Waals surface area contributed by atoms with Gasteiger partial charge in [0.15, 0.2) is 0 Å². The minimum absolute atomic E-state index is 0.0386. The number of nitrogens with zero attached hydrogens (tertiary/aromatic N) is 3.